The van der Waals surface area contributed by atoms with Gasteiger partial charge < -0.3 is 9.88 Å². The van der Waals surface area contributed by atoms with Crippen LogP contribution < -0.4 is 5.32 Å². The van der Waals surface area contributed by atoms with Crippen LogP contribution in [0.5, 0.6) is 0 Å². The van der Waals surface area contributed by atoms with E-state index < -0.39 is 0 Å². The van der Waals surface area contributed by atoms with Crippen molar-refractivity contribution in [2.45, 2.75) is 6.54 Å². The number of carbonyl (C=O) groups is 1. The molecule has 106 valence electrons. The molecule has 1 N–H and O–H groups in total. The van der Waals surface area contributed by atoms with Crippen LogP contribution in [0.1, 0.15) is 15.9 Å². The van der Waals surface area contributed by atoms with Gasteiger partial charge in [-0.1, -0.05) is 30.3 Å². The van der Waals surface area contributed by atoms with Crippen molar-refractivity contribution in [3.8, 4) is 5.82 Å². The van der Waals surface area contributed by atoms with Crippen LogP contribution in [0.4, 0.5) is 0 Å². The van der Waals surface area contributed by atoms with Crippen LogP contribution in [0.25, 0.3) is 5.82 Å². The summed E-state index contributed by atoms with van der Waals surface area (Å²) in [6, 6.07) is 13.7. The summed E-state index contributed by atoms with van der Waals surface area (Å²) in [4.78, 5) is 12.4. The Hall–Kier alpha value is -2.82. The average molecular weight is 280 g/mol. The quantitative estimate of drug-likeness (QED) is 0.796. The molecule has 1 aromatic carbocycles. The number of amides is 1. The van der Waals surface area contributed by atoms with Gasteiger partial charge in [0.1, 0.15) is 11.4 Å². The predicted molar refractivity (Wildman–Crippen MR) is 80.1 cm³/mol. The summed E-state index contributed by atoms with van der Waals surface area (Å²) >= 11 is 0. The molecular weight excluding hydrogens is 264 g/mol. The molecule has 0 unspecified atom stereocenters. The summed E-state index contributed by atoms with van der Waals surface area (Å²) in [5.41, 5.74) is 1.63. The largest absolute Gasteiger partial charge is 0.348 e. The molecule has 5 heteroatoms. The van der Waals surface area contributed by atoms with Gasteiger partial charge in [-0.25, -0.2) is 0 Å². The maximum atomic E-state index is 12.4. The zero-order valence-electron chi connectivity index (χ0n) is 11.7. The summed E-state index contributed by atoms with van der Waals surface area (Å²) in [5, 5.41) is 7.11. The number of benzene rings is 1. The lowest BCUT2D eigenvalue weighted by atomic mass is 10.2. The van der Waals surface area contributed by atoms with Crippen LogP contribution in [0.15, 0.2) is 61.1 Å². The molecule has 0 radical (unpaired) electrons. The first-order chi connectivity index (χ1) is 10.3. The van der Waals surface area contributed by atoms with Crippen LogP contribution in [0.2, 0.25) is 0 Å². The second-order valence-corrected chi connectivity index (χ2v) is 4.76. The lowest BCUT2D eigenvalue weighted by Crippen LogP contribution is -2.24. The number of nitrogens with one attached hydrogen (secondary N) is 1. The van der Waals surface area contributed by atoms with Crippen molar-refractivity contribution in [1.29, 1.82) is 0 Å². The molecule has 3 aromatic rings. The zero-order valence-corrected chi connectivity index (χ0v) is 11.7. The van der Waals surface area contributed by atoms with Crippen molar-refractivity contribution in [3.63, 3.8) is 0 Å². The van der Waals surface area contributed by atoms with Crippen LogP contribution in [0, 0.1) is 0 Å². The maximum absolute atomic E-state index is 12.4. The van der Waals surface area contributed by atoms with Gasteiger partial charge in [-0.05, 0) is 17.7 Å². The second-order valence-electron chi connectivity index (χ2n) is 4.76. The Morgan fingerprint density at radius 1 is 1.14 bits per heavy atom. The van der Waals surface area contributed by atoms with E-state index in [1.54, 1.807) is 10.9 Å². The lowest BCUT2D eigenvalue weighted by Gasteiger charge is -2.08. The Bertz CT molecular complexity index is 729. The van der Waals surface area contributed by atoms with Crippen molar-refractivity contribution in [2.24, 2.45) is 7.05 Å². The normalized spacial score (nSPS) is 10.5. The Morgan fingerprint density at radius 2 is 1.86 bits per heavy atom. The van der Waals surface area contributed by atoms with Gasteiger partial charge in [-0.2, -0.15) is 5.10 Å². The molecule has 5 nitrogen and oxygen atoms in total. The second kappa shape index (κ2) is 5.66. The third kappa shape index (κ3) is 2.72. The first kappa shape index (κ1) is 13.2. The van der Waals surface area contributed by atoms with E-state index in [0.717, 1.165) is 11.4 Å². The van der Waals surface area contributed by atoms with E-state index in [-0.39, 0.29) is 5.91 Å². The number of hydrogen-bond donors (Lipinski definition) is 1. The van der Waals surface area contributed by atoms with E-state index in [1.807, 2.05) is 66.5 Å². The smallest absolute Gasteiger partial charge is 0.256 e. The van der Waals surface area contributed by atoms with Gasteiger partial charge in [0.05, 0.1) is 6.20 Å². The molecule has 0 aliphatic heterocycles. The Labute approximate surface area is 122 Å². The van der Waals surface area contributed by atoms with E-state index in [9.17, 15) is 4.79 Å². The highest BCUT2D eigenvalue weighted by Gasteiger charge is 2.16. The highest BCUT2D eigenvalue weighted by atomic mass is 16.1. The minimum atomic E-state index is -0.129. The Kier molecular flexibility index (Phi) is 3.55. The number of aromatic nitrogens is 3. The van der Waals surface area contributed by atoms with Gasteiger partial charge in [0.15, 0.2) is 0 Å². The fraction of sp³-hybridized carbons (Fsp3) is 0.125. The van der Waals surface area contributed by atoms with Gasteiger partial charge in [0, 0.05) is 26.0 Å². The highest BCUT2D eigenvalue weighted by molar-refractivity contribution is 5.97. The standard InChI is InChI=1S/C16H16N4O/c1-19-16(20-9-5-6-10-20)14(12-18-19)15(21)17-11-13-7-3-2-4-8-13/h2-10,12H,11H2,1H3,(H,17,21). The number of hydrogen-bond acceptors (Lipinski definition) is 2. The number of rotatable bonds is 4. The molecule has 0 fully saturated rings. The zero-order chi connectivity index (χ0) is 14.7. The first-order valence-electron chi connectivity index (χ1n) is 6.73. The molecule has 3 rings (SSSR count). The van der Waals surface area contributed by atoms with Gasteiger partial charge in [0.25, 0.3) is 5.91 Å². The molecule has 0 aliphatic carbocycles. The summed E-state index contributed by atoms with van der Waals surface area (Å²) in [5.74, 6) is 0.626. The summed E-state index contributed by atoms with van der Waals surface area (Å²) < 4.78 is 3.57. The van der Waals surface area contributed by atoms with Crippen molar-refractivity contribution >= 4 is 5.91 Å². The maximum Gasteiger partial charge on any atom is 0.256 e. The Morgan fingerprint density at radius 3 is 2.57 bits per heavy atom. The molecule has 0 atom stereocenters. The molecule has 2 heterocycles. The van der Waals surface area contributed by atoms with Crippen molar-refractivity contribution in [1.82, 2.24) is 19.7 Å². The molecule has 21 heavy (non-hydrogen) atoms. The molecule has 0 saturated heterocycles. The van der Waals surface area contributed by atoms with Gasteiger partial charge in [-0.15, -0.1) is 0 Å². The Balaban J connectivity index is 1.80. The third-order valence-corrected chi connectivity index (χ3v) is 3.30. The molecule has 0 aliphatic rings. The van der Waals surface area contributed by atoms with Crippen LogP contribution in [0.3, 0.4) is 0 Å². The fourth-order valence-electron chi connectivity index (χ4n) is 2.25. The highest BCUT2D eigenvalue weighted by Crippen LogP contribution is 2.14. The monoisotopic (exact) mass is 280 g/mol. The van der Waals surface area contributed by atoms with Crippen LogP contribution in [-0.2, 0) is 13.6 Å². The van der Waals surface area contributed by atoms with E-state index in [2.05, 4.69) is 10.4 Å². The van der Waals surface area contributed by atoms with Crippen molar-refractivity contribution in [2.75, 3.05) is 0 Å². The number of aryl methyl sites for hydroxylation is 1. The first-order valence-corrected chi connectivity index (χ1v) is 6.73. The predicted octanol–water partition coefficient (Wildman–Crippen LogP) is 2.14. The minimum absolute atomic E-state index is 0.129. The van der Waals surface area contributed by atoms with Crippen molar-refractivity contribution < 1.29 is 4.79 Å². The topological polar surface area (TPSA) is 51.9 Å². The van der Waals surface area contributed by atoms with Gasteiger partial charge >= 0.3 is 0 Å². The van der Waals surface area contributed by atoms with E-state index >= 15 is 0 Å². The lowest BCUT2D eigenvalue weighted by molar-refractivity contribution is 0.0951. The number of carbonyl (C=O) groups excluding carboxylic acids is 1. The molecule has 0 saturated carbocycles. The molecule has 2 aromatic heterocycles. The molecule has 0 bridgehead atoms. The van der Waals surface area contributed by atoms with Gasteiger partial charge in [-0.3, -0.25) is 9.48 Å². The minimum Gasteiger partial charge on any atom is -0.348 e. The molecular formula is C16H16N4O. The number of nitrogens with zero attached hydrogens (tertiary/aromatic N) is 3. The van der Waals surface area contributed by atoms with Crippen LogP contribution in [-0.4, -0.2) is 20.3 Å². The third-order valence-electron chi connectivity index (χ3n) is 3.30. The van der Waals surface area contributed by atoms with Crippen LogP contribution >= 0.6 is 0 Å². The van der Waals surface area contributed by atoms with E-state index in [0.29, 0.717) is 12.1 Å². The summed E-state index contributed by atoms with van der Waals surface area (Å²) in [7, 11) is 1.82. The average Bonchev–Trinajstić information content (AvgIpc) is 3.15. The van der Waals surface area contributed by atoms with Crippen molar-refractivity contribution in [3.05, 3.63) is 72.2 Å². The summed E-state index contributed by atoms with van der Waals surface area (Å²) in [6.45, 7) is 0.500. The SMILES string of the molecule is Cn1ncc(C(=O)NCc2ccccc2)c1-n1cccc1. The summed E-state index contributed by atoms with van der Waals surface area (Å²) in [6.07, 6.45) is 5.38. The van der Waals surface area contributed by atoms with E-state index in [1.165, 1.54) is 0 Å². The fourth-order valence-corrected chi connectivity index (χ4v) is 2.25. The molecule has 0 spiro atoms. The van der Waals surface area contributed by atoms with E-state index in [4.69, 9.17) is 0 Å². The molecule has 1 amide bonds. The van der Waals surface area contributed by atoms with Gasteiger partial charge in [0.2, 0.25) is 0 Å².